The van der Waals surface area contributed by atoms with Gasteiger partial charge in [0.15, 0.2) is 0 Å². The molecule has 120 valence electrons. The summed E-state index contributed by atoms with van der Waals surface area (Å²) in [5.74, 6) is 0. The molecule has 1 unspecified atom stereocenters. The largest absolute Gasteiger partial charge is 0.389 e. The maximum atomic E-state index is 12.4. The first-order valence-corrected chi connectivity index (χ1v) is 8.30. The van der Waals surface area contributed by atoms with E-state index in [0.717, 1.165) is 36.4 Å². The molecule has 1 aliphatic carbocycles. The van der Waals surface area contributed by atoms with Crippen LogP contribution in [0, 0.1) is 5.41 Å². The summed E-state index contributed by atoms with van der Waals surface area (Å²) >= 11 is 1.46. The maximum Gasteiger partial charge on any atom is 0.389 e. The van der Waals surface area contributed by atoms with Gasteiger partial charge in [0.05, 0.1) is 10.7 Å². The van der Waals surface area contributed by atoms with Gasteiger partial charge in [0, 0.05) is 23.8 Å². The van der Waals surface area contributed by atoms with Crippen molar-refractivity contribution in [3.8, 4) is 0 Å². The van der Waals surface area contributed by atoms with Crippen molar-refractivity contribution < 1.29 is 13.2 Å². The molecule has 1 aliphatic rings. The van der Waals surface area contributed by atoms with Crippen molar-refractivity contribution in [2.75, 3.05) is 6.54 Å². The van der Waals surface area contributed by atoms with Crippen LogP contribution in [0.3, 0.4) is 0 Å². The Morgan fingerprint density at radius 2 is 2.10 bits per heavy atom. The van der Waals surface area contributed by atoms with Crippen LogP contribution in [0.25, 0.3) is 0 Å². The fourth-order valence-corrected chi connectivity index (χ4v) is 3.98. The molecular weight excluding hydrogens is 297 g/mol. The van der Waals surface area contributed by atoms with Gasteiger partial charge in [-0.15, -0.1) is 11.3 Å². The molecular formula is C15H23F3N2S. The Bertz CT molecular complexity index is 480. The summed E-state index contributed by atoms with van der Waals surface area (Å²) in [5.41, 5.74) is 1.15. The third-order valence-electron chi connectivity index (χ3n) is 3.75. The minimum Gasteiger partial charge on any atom is -0.309 e. The monoisotopic (exact) mass is 320 g/mol. The summed E-state index contributed by atoms with van der Waals surface area (Å²) in [5, 5.41) is 4.14. The maximum absolute atomic E-state index is 12.4. The summed E-state index contributed by atoms with van der Waals surface area (Å²) in [4.78, 5) is 5.64. The highest BCUT2D eigenvalue weighted by Crippen LogP contribution is 2.43. The first kappa shape index (κ1) is 16.7. The van der Waals surface area contributed by atoms with E-state index in [1.807, 2.05) is 0 Å². The number of nitrogens with one attached hydrogen (secondary N) is 1. The minimum absolute atomic E-state index is 0.00208. The van der Waals surface area contributed by atoms with Gasteiger partial charge < -0.3 is 5.32 Å². The Kier molecular flexibility index (Phi) is 4.98. The van der Waals surface area contributed by atoms with Gasteiger partial charge in [0.2, 0.25) is 0 Å². The van der Waals surface area contributed by atoms with Crippen molar-refractivity contribution in [1.82, 2.24) is 10.3 Å². The van der Waals surface area contributed by atoms with Gasteiger partial charge in [0.1, 0.15) is 0 Å². The van der Waals surface area contributed by atoms with Crippen LogP contribution in [-0.4, -0.2) is 17.7 Å². The second-order valence-corrected chi connectivity index (χ2v) is 7.70. The van der Waals surface area contributed by atoms with Gasteiger partial charge >= 0.3 is 6.18 Å². The minimum atomic E-state index is -4.11. The second-order valence-electron chi connectivity index (χ2n) is 6.59. The van der Waals surface area contributed by atoms with Gasteiger partial charge in [-0.05, 0) is 31.2 Å². The highest BCUT2D eigenvalue weighted by Gasteiger charge is 2.35. The number of hydrogen-bond acceptors (Lipinski definition) is 3. The molecule has 1 aromatic rings. The lowest BCUT2D eigenvalue weighted by Crippen LogP contribution is -2.33. The standard InChI is InChI=1S/C15H23F3N2S/c1-4-7-19-10-8-14(2,3)9-11-13(10)21-12(20-11)5-6-15(16,17)18/h10,19H,4-9H2,1-3H3. The van der Waals surface area contributed by atoms with E-state index in [2.05, 4.69) is 31.1 Å². The van der Waals surface area contributed by atoms with E-state index in [1.165, 1.54) is 11.3 Å². The third kappa shape index (κ3) is 4.68. The number of alkyl halides is 3. The van der Waals surface area contributed by atoms with Crippen LogP contribution in [0.4, 0.5) is 13.2 Å². The summed E-state index contributed by atoms with van der Waals surface area (Å²) in [6.07, 6.45) is -1.97. The molecule has 2 rings (SSSR count). The van der Waals surface area contributed by atoms with Crippen molar-refractivity contribution in [3.63, 3.8) is 0 Å². The SMILES string of the molecule is CCCNC1CC(C)(C)Cc2nc(CCC(F)(F)F)sc21. The average Bonchev–Trinajstić information content (AvgIpc) is 2.74. The van der Waals surface area contributed by atoms with Crippen LogP contribution < -0.4 is 5.32 Å². The Balaban J connectivity index is 2.15. The van der Waals surface area contributed by atoms with E-state index < -0.39 is 12.6 Å². The van der Waals surface area contributed by atoms with E-state index in [9.17, 15) is 13.2 Å². The first-order chi connectivity index (χ1) is 9.70. The molecule has 0 saturated carbocycles. The molecule has 0 saturated heterocycles. The first-order valence-electron chi connectivity index (χ1n) is 7.49. The quantitative estimate of drug-likeness (QED) is 0.854. The number of aryl methyl sites for hydroxylation is 1. The van der Waals surface area contributed by atoms with Crippen LogP contribution in [0.15, 0.2) is 0 Å². The van der Waals surface area contributed by atoms with Crippen LogP contribution in [0.5, 0.6) is 0 Å². The average molecular weight is 320 g/mol. The molecule has 1 N–H and O–H groups in total. The molecule has 0 amide bonds. The number of fused-ring (bicyclic) bond motifs is 1. The van der Waals surface area contributed by atoms with Crippen molar-refractivity contribution in [2.45, 2.75) is 65.1 Å². The zero-order valence-corrected chi connectivity index (χ0v) is 13.6. The molecule has 1 atom stereocenters. The zero-order valence-electron chi connectivity index (χ0n) is 12.8. The molecule has 0 radical (unpaired) electrons. The number of hydrogen-bond donors (Lipinski definition) is 1. The lowest BCUT2D eigenvalue weighted by Gasteiger charge is -2.34. The number of rotatable bonds is 5. The Labute approximate surface area is 128 Å². The van der Waals surface area contributed by atoms with Crippen LogP contribution >= 0.6 is 11.3 Å². The highest BCUT2D eigenvalue weighted by molar-refractivity contribution is 7.11. The van der Waals surface area contributed by atoms with Gasteiger partial charge in [-0.1, -0.05) is 20.8 Å². The van der Waals surface area contributed by atoms with Crippen LogP contribution in [-0.2, 0) is 12.8 Å². The predicted molar refractivity (Wildman–Crippen MR) is 79.6 cm³/mol. The van der Waals surface area contributed by atoms with E-state index in [1.54, 1.807) is 0 Å². The number of aromatic nitrogens is 1. The topological polar surface area (TPSA) is 24.9 Å². The van der Waals surface area contributed by atoms with Gasteiger partial charge in [-0.25, -0.2) is 4.98 Å². The highest BCUT2D eigenvalue weighted by atomic mass is 32.1. The number of halogens is 3. The smallest absolute Gasteiger partial charge is 0.309 e. The van der Waals surface area contributed by atoms with E-state index in [0.29, 0.717) is 5.01 Å². The fourth-order valence-electron chi connectivity index (χ4n) is 2.82. The second kappa shape index (κ2) is 6.24. The fraction of sp³-hybridized carbons (Fsp3) is 0.800. The molecule has 2 nitrogen and oxygen atoms in total. The van der Waals surface area contributed by atoms with Crippen LogP contribution in [0.1, 0.15) is 61.7 Å². The molecule has 0 aliphatic heterocycles. The lowest BCUT2D eigenvalue weighted by atomic mass is 9.76. The van der Waals surface area contributed by atoms with Crippen molar-refractivity contribution in [1.29, 1.82) is 0 Å². The van der Waals surface area contributed by atoms with E-state index >= 15 is 0 Å². The summed E-state index contributed by atoms with van der Waals surface area (Å²) in [6, 6.07) is 0.237. The van der Waals surface area contributed by atoms with Crippen molar-refractivity contribution in [2.24, 2.45) is 5.41 Å². The van der Waals surface area contributed by atoms with Crippen LogP contribution in [0.2, 0.25) is 0 Å². The molecule has 0 spiro atoms. The summed E-state index contributed by atoms with van der Waals surface area (Å²) in [7, 11) is 0. The number of nitrogens with zero attached hydrogens (tertiary/aromatic N) is 1. The van der Waals surface area contributed by atoms with Crippen molar-refractivity contribution >= 4 is 11.3 Å². The van der Waals surface area contributed by atoms with E-state index in [4.69, 9.17) is 0 Å². The molecule has 6 heteroatoms. The predicted octanol–water partition coefficient (Wildman–Crippen LogP) is 4.65. The molecule has 0 aromatic carbocycles. The Hall–Kier alpha value is -0.620. The van der Waals surface area contributed by atoms with Gasteiger partial charge in [-0.3, -0.25) is 0 Å². The van der Waals surface area contributed by atoms with Gasteiger partial charge in [-0.2, -0.15) is 13.2 Å². The summed E-state index contributed by atoms with van der Waals surface area (Å²) in [6.45, 7) is 7.44. The molecule has 1 aromatic heterocycles. The normalized spacial score (nSPS) is 21.3. The van der Waals surface area contributed by atoms with E-state index in [-0.39, 0.29) is 17.9 Å². The third-order valence-corrected chi connectivity index (χ3v) is 5.03. The molecule has 0 bridgehead atoms. The Morgan fingerprint density at radius 3 is 2.71 bits per heavy atom. The van der Waals surface area contributed by atoms with Gasteiger partial charge in [0.25, 0.3) is 0 Å². The molecule has 1 heterocycles. The molecule has 21 heavy (non-hydrogen) atoms. The zero-order chi connectivity index (χ0) is 15.7. The van der Waals surface area contributed by atoms with Crippen molar-refractivity contribution in [3.05, 3.63) is 15.6 Å². The number of thiazole rings is 1. The Morgan fingerprint density at radius 1 is 1.38 bits per heavy atom. The molecule has 0 fully saturated rings. The lowest BCUT2D eigenvalue weighted by molar-refractivity contribution is -0.134. The summed E-state index contributed by atoms with van der Waals surface area (Å²) < 4.78 is 37.1.